The lowest BCUT2D eigenvalue weighted by Gasteiger charge is -2.12. The van der Waals surface area contributed by atoms with Gasteiger partial charge in [-0.25, -0.2) is 13.1 Å². The monoisotopic (exact) mass is 356 g/mol. The molecule has 0 spiro atoms. The zero-order valence-electron chi connectivity index (χ0n) is 14.0. The van der Waals surface area contributed by atoms with Gasteiger partial charge in [0.15, 0.2) is 0 Å². The maximum absolute atomic E-state index is 12.7. The Morgan fingerprint density at radius 3 is 2.60 bits per heavy atom. The van der Waals surface area contributed by atoms with Gasteiger partial charge in [-0.2, -0.15) is 0 Å². The molecule has 1 N–H and O–H groups in total. The highest BCUT2D eigenvalue weighted by molar-refractivity contribution is 7.89. The molecule has 0 aliphatic heterocycles. The number of sulfonamides is 1. The quantitative estimate of drug-likeness (QED) is 0.706. The van der Waals surface area contributed by atoms with Gasteiger partial charge in [-0.05, 0) is 43.2 Å². The summed E-state index contributed by atoms with van der Waals surface area (Å²) < 4.78 is 33.7. The van der Waals surface area contributed by atoms with E-state index in [0.29, 0.717) is 36.2 Å². The van der Waals surface area contributed by atoms with E-state index in [1.165, 1.54) is 0 Å². The van der Waals surface area contributed by atoms with E-state index in [-0.39, 0.29) is 4.90 Å². The molecule has 1 aromatic heterocycles. The predicted molar refractivity (Wildman–Crippen MR) is 98.2 cm³/mol. The molecule has 5 nitrogen and oxygen atoms in total. The summed E-state index contributed by atoms with van der Waals surface area (Å²) >= 11 is 0. The van der Waals surface area contributed by atoms with Crippen LogP contribution in [0.1, 0.15) is 12.5 Å². The minimum Gasteiger partial charge on any atom is -0.492 e. The Hall–Kier alpha value is -2.44. The number of rotatable bonds is 7. The first-order valence-electron chi connectivity index (χ1n) is 8.16. The van der Waals surface area contributed by atoms with Gasteiger partial charge < -0.3 is 4.74 Å². The number of ether oxygens (including phenoxy) is 1. The molecule has 3 rings (SSSR count). The van der Waals surface area contributed by atoms with E-state index in [0.717, 1.165) is 5.56 Å². The van der Waals surface area contributed by atoms with E-state index in [4.69, 9.17) is 4.74 Å². The molecule has 25 heavy (non-hydrogen) atoms. The van der Waals surface area contributed by atoms with Crippen LogP contribution in [-0.2, 0) is 16.4 Å². The molecule has 0 bridgehead atoms. The van der Waals surface area contributed by atoms with Crippen LogP contribution >= 0.6 is 0 Å². The van der Waals surface area contributed by atoms with Crippen LogP contribution in [0.25, 0.3) is 10.9 Å². The minimum atomic E-state index is -3.63. The van der Waals surface area contributed by atoms with Gasteiger partial charge in [-0.15, -0.1) is 0 Å². The average Bonchev–Trinajstić information content (AvgIpc) is 2.63. The van der Waals surface area contributed by atoms with Crippen molar-refractivity contribution in [2.75, 3.05) is 13.2 Å². The molecule has 0 saturated heterocycles. The lowest BCUT2D eigenvalue weighted by atomic mass is 10.2. The summed E-state index contributed by atoms with van der Waals surface area (Å²) in [7, 11) is -3.63. The fraction of sp³-hybridized carbons (Fsp3) is 0.211. The third-order valence-electron chi connectivity index (χ3n) is 3.83. The first-order chi connectivity index (χ1) is 12.1. The number of pyridine rings is 1. The largest absolute Gasteiger partial charge is 0.492 e. The van der Waals surface area contributed by atoms with Crippen molar-refractivity contribution >= 4 is 20.9 Å². The van der Waals surface area contributed by atoms with Crippen LogP contribution in [0, 0.1) is 0 Å². The number of fused-ring (bicyclic) bond motifs is 1. The Balaban J connectivity index is 1.86. The van der Waals surface area contributed by atoms with Gasteiger partial charge in [0, 0.05) is 18.1 Å². The van der Waals surface area contributed by atoms with E-state index >= 15 is 0 Å². The van der Waals surface area contributed by atoms with Gasteiger partial charge >= 0.3 is 0 Å². The van der Waals surface area contributed by atoms with Crippen LogP contribution in [0.5, 0.6) is 5.75 Å². The van der Waals surface area contributed by atoms with E-state index in [1.54, 1.807) is 30.5 Å². The summed E-state index contributed by atoms with van der Waals surface area (Å²) in [6.45, 7) is 2.71. The molecule has 0 fully saturated rings. The molecule has 2 aromatic carbocycles. The van der Waals surface area contributed by atoms with Crippen LogP contribution in [0.4, 0.5) is 0 Å². The Kier molecular flexibility index (Phi) is 5.31. The molecular weight excluding hydrogens is 336 g/mol. The molecule has 1 heterocycles. The van der Waals surface area contributed by atoms with Crippen molar-refractivity contribution in [1.82, 2.24) is 9.71 Å². The van der Waals surface area contributed by atoms with Crippen LogP contribution < -0.4 is 9.46 Å². The topological polar surface area (TPSA) is 68.3 Å². The summed E-state index contributed by atoms with van der Waals surface area (Å²) in [6.07, 6.45) is 2.26. The molecule has 3 aromatic rings. The Bertz CT molecular complexity index is 957. The number of aromatic nitrogens is 1. The van der Waals surface area contributed by atoms with Gasteiger partial charge in [0.2, 0.25) is 10.0 Å². The van der Waals surface area contributed by atoms with E-state index in [9.17, 15) is 8.42 Å². The van der Waals surface area contributed by atoms with Gasteiger partial charge in [0.05, 0.1) is 11.5 Å². The lowest BCUT2D eigenvalue weighted by molar-refractivity contribution is 0.343. The summed E-state index contributed by atoms with van der Waals surface area (Å²) in [5, 5.41) is 0.556. The second-order valence-corrected chi connectivity index (χ2v) is 7.26. The SMILES string of the molecule is CCOc1ccc(S(=O)(=O)NCCc2ccccc2)c2cccnc12. The summed E-state index contributed by atoms with van der Waals surface area (Å²) in [5.41, 5.74) is 1.64. The highest BCUT2D eigenvalue weighted by atomic mass is 32.2. The highest BCUT2D eigenvalue weighted by Crippen LogP contribution is 2.29. The van der Waals surface area contributed by atoms with Crippen LogP contribution in [0.2, 0.25) is 0 Å². The Morgan fingerprint density at radius 1 is 1.04 bits per heavy atom. The molecule has 0 saturated carbocycles. The van der Waals surface area contributed by atoms with E-state index in [1.807, 2.05) is 37.3 Å². The molecule has 0 unspecified atom stereocenters. The van der Waals surface area contributed by atoms with E-state index in [2.05, 4.69) is 9.71 Å². The Labute approximate surface area is 147 Å². The fourth-order valence-corrected chi connectivity index (χ4v) is 3.91. The van der Waals surface area contributed by atoms with E-state index < -0.39 is 10.0 Å². The molecular formula is C19H20N2O3S. The van der Waals surface area contributed by atoms with Crippen molar-refractivity contribution in [3.05, 3.63) is 66.4 Å². The zero-order valence-corrected chi connectivity index (χ0v) is 14.8. The van der Waals surface area contributed by atoms with Crippen LogP contribution in [0.15, 0.2) is 65.7 Å². The molecule has 130 valence electrons. The Morgan fingerprint density at radius 2 is 1.84 bits per heavy atom. The van der Waals surface area contributed by atoms with Gasteiger partial charge in [0.25, 0.3) is 0 Å². The second kappa shape index (κ2) is 7.63. The summed E-state index contributed by atoms with van der Waals surface area (Å²) in [4.78, 5) is 4.50. The number of hydrogen-bond acceptors (Lipinski definition) is 4. The normalized spacial score (nSPS) is 11.6. The number of nitrogens with one attached hydrogen (secondary N) is 1. The first-order valence-corrected chi connectivity index (χ1v) is 9.64. The number of hydrogen-bond donors (Lipinski definition) is 1. The van der Waals surface area contributed by atoms with Crippen molar-refractivity contribution in [1.29, 1.82) is 0 Å². The average molecular weight is 356 g/mol. The third kappa shape index (κ3) is 3.97. The van der Waals surface area contributed by atoms with Gasteiger partial charge in [0.1, 0.15) is 11.3 Å². The number of nitrogens with zero attached hydrogens (tertiary/aromatic N) is 1. The highest BCUT2D eigenvalue weighted by Gasteiger charge is 2.19. The second-order valence-electron chi connectivity index (χ2n) is 5.53. The standard InChI is InChI=1S/C19H20N2O3S/c1-2-24-17-10-11-18(16-9-6-13-20-19(16)17)25(22,23)21-14-12-15-7-4-3-5-8-15/h3-11,13,21H,2,12,14H2,1H3. The summed E-state index contributed by atoms with van der Waals surface area (Å²) in [6, 6.07) is 16.5. The zero-order chi connectivity index (χ0) is 17.7. The fourth-order valence-electron chi connectivity index (χ4n) is 2.68. The van der Waals surface area contributed by atoms with Crippen LogP contribution in [0.3, 0.4) is 0 Å². The molecule has 0 radical (unpaired) electrons. The molecule has 0 aliphatic rings. The van der Waals surface area contributed by atoms with Crippen molar-refractivity contribution in [2.45, 2.75) is 18.2 Å². The number of benzene rings is 2. The molecule has 0 amide bonds. The minimum absolute atomic E-state index is 0.215. The third-order valence-corrected chi connectivity index (χ3v) is 5.35. The van der Waals surface area contributed by atoms with Crippen molar-refractivity contribution < 1.29 is 13.2 Å². The van der Waals surface area contributed by atoms with Gasteiger partial charge in [-0.3, -0.25) is 4.98 Å². The molecule has 0 atom stereocenters. The first kappa shape index (κ1) is 17.4. The van der Waals surface area contributed by atoms with Crippen molar-refractivity contribution in [2.24, 2.45) is 0 Å². The van der Waals surface area contributed by atoms with Crippen molar-refractivity contribution in [3.8, 4) is 5.75 Å². The maximum atomic E-state index is 12.7. The van der Waals surface area contributed by atoms with Crippen LogP contribution in [-0.4, -0.2) is 26.6 Å². The molecule has 6 heteroatoms. The van der Waals surface area contributed by atoms with Crippen molar-refractivity contribution in [3.63, 3.8) is 0 Å². The van der Waals surface area contributed by atoms with Gasteiger partial charge in [-0.1, -0.05) is 30.3 Å². The lowest BCUT2D eigenvalue weighted by Crippen LogP contribution is -2.26. The smallest absolute Gasteiger partial charge is 0.241 e. The molecule has 0 aliphatic carbocycles. The summed E-state index contributed by atoms with van der Waals surface area (Å²) in [5.74, 6) is 0.585. The maximum Gasteiger partial charge on any atom is 0.241 e. The predicted octanol–water partition coefficient (Wildman–Crippen LogP) is 3.15.